The largest absolute Gasteiger partial charge is 0.416 e. The lowest BCUT2D eigenvalue weighted by Gasteiger charge is -2.08. The number of nitrogens with zero attached hydrogens (tertiary/aromatic N) is 3. The van der Waals surface area contributed by atoms with Crippen LogP contribution in [0.15, 0.2) is 30.6 Å². The SMILES string of the molecule is FC(F)(F)c1ccc(-n2ncnc2CCl)cc1. The Kier molecular flexibility index (Phi) is 3.06. The van der Waals surface area contributed by atoms with Crippen LogP contribution in [0.25, 0.3) is 5.69 Å². The minimum Gasteiger partial charge on any atom is -0.218 e. The van der Waals surface area contributed by atoms with Gasteiger partial charge in [0.15, 0.2) is 0 Å². The normalized spacial score (nSPS) is 11.8. The van der Waals surface area contributed by atoms with Crippen LogP contribution in [0.3, 0.4) is 0 Å². The van der Waals surface area contributed by atoms with Crippen LogP contribution in [0.5, 0.6) is 0 Å². The van der Waals surface area contributed by atoms with E-state index in [0.717, 1.165) is 12.1 Å². The van der Waals surface area contributed by atoms with Crippen LogP contribution in [0, 0.1) is 0 Å². The van der Waals surface area contributed by atoms with E-state index in [1.54, 1.807) is 0 Å². The third kappa shape index (κ3) is 2.41. The van der Waals surface area contributed by atoms with Crippen molar-refractivity contribution in [3.05, 3.63) is 42.0 Å². The second-order valence-electron chi connectivity index (χ2n) is 3.27. The van der Waals surface area contributed by atoms with Gasteiger partial charge in [0, 0.05) is 0 Å². The molecule has 17 heavy (non-hydrogen) atoms. The first-order valence-corrected chi connectivity index (χ1v) is 5.18. The molecule has 0 aliphatic carbocycles. The van der Waals surface area contributed by atoms with Crippen LogP contribution >= 0.6 is 11.6 Å². The number of halogens is 4. The van der Waals surface area contributed by atoms with E-state index in [1.165, 1.54) is 23.1 Å². The van der Waals surface area contributed by atoms with Crippen molar-refractivity contribution in [2.24, 2.45) is 0 Å². The lowest BCUT2D eigenvalue weighted by molar-refractivity contribution is -0.137. The summed E-state index contributed by atoms with van der Waals surface area (Å²) < 4.78 is 38.5. The molecular weight excluding hydrogens is 255 g/mol. The molecule has 0 spiro atoms. The summed E-state index contributed by atoms with van der Waals surface area (Å²) >= 11 is 5.62. The average Bonchev–Trinajstić information content (AvgIpc) is 2.76. The standard InChI is InChI=1S/C10H7ClF3N3/c11-5-9-15-6-16-17(9)8-3-1-7(2-4-8)10(12,13)14/h1-4,6H,5H2. The number of benzene rings is 1. The van der Waals surface area contributed by atoms with E-state index in [-0.39, 0.29) is 5.88 Å². The Morgan fingerprint density at radius 1 is 1.18 bits per heavy atom. The Bertz CT molecular complexity index is 504. The molecule has 0 fully saturated rings. The highest BCUT2D eigenvalue weighted by Crippen LogP contribution is 2.29. The second kappa shape index (κ2) is 4.37. The summed E-state index contributed by atoms with van der Waals surface area (Å²) in [6, 6.07) is 4.64. The zero-order valence-corrected chi connectivity index (χ0v) is 9.20. The molecule has 0 amide bonds. The highest BCUT2D eigenvalue weighted by Gasteiger charge is 2.30. The zero-order valence-electron chi connectivity index (χ0n) is 8.45. The zero-order chi connectivity index (χ0) is 12.5. The van der Waals surface area contributed by atoms with E-state index in [9.17, 15) is 13.2 Å². The molecule has 90 valence electrons. The van der Waals surface area contributed by atoms with Crippen molar-refractivity contribution >= 4 is 11.6 Å². The Labute approximate surface area is 99.8 Å². The fraction of sp³-hybridized carbons (Fsp3) is 0.200. The molecule has 1 aromatic heterocycles. The molecule has 0 N–H and O–H groups in total. The van der Waals surface area contributed by atoms with E-state index < -0.39 is 11.7 Å². The van der Waals surface area contributed by atoms with Crippen LogP contribution in [0.4, 0.5) is 13.2 Å². The predicted molar refractivity (Wildman–Crippen MR) is 55.9 cm³/mol. The first-order valence-electron chi connectivity index (χ1n) is 4.65. The third-order valence-corrected chi connectivity index (χ3v) is 2.42. The van der Waals surface area contributed by atoms with Crippen LogP contribution in [-0.2, 0) is 12.1 Å². The van der Waals surface area contributed by atoms with Gasteiger partial charge in [-0.05, 0) is 24.3 Å². The maximum atomic E-state index is 12.4. The van der Waals surface area contributed by atoms with Gasteiger partial charge in [0.2, 0.25) is 0 Å². The molecule has 2 rings (SSSR count). The van der Waals surface area contributed by atoms with E-state index in [2.05, 4.69) is 10.1 Å². The molecule has 0 atom stereocenters. The van der Waals surface area contributed by atoms with Crippen LogP contribution < -0.4 is 0 Å². The van der Waals surface area contributed by atoms with E-state index in [1.807, 2.05) is 0 Å². The molecule has 7 heteroatoms. The minimum atomic E-state index is -4.34. The van der Waals surface area contributed by atoms with Gasteiger partial charge in [0.1, 0.15) is 12.2 Å². The van der Waals surface area contributed by atoms with Gasteiger partial charge in [-0.15, -0.1) is 11.6 Å². The third-order valence-electron chi connectivity index (χ3n) is 2.18. The summed E-state index contributed by atoms with van der Waals surface area (Å²) in [4.78, 5) is 3.88. The van der Waals surface area contributed by atoms with Gasteiger partial charge >= 0.3 is 6.18 Å². The molecule has 0 bridgehead atoms. The summed E-state index contributed by atoms with van der Waals surface area (Å²) in [6.07, 6.45) is -3.04. The maximum absolute atomic E-state index is 12.4. The Hall–Kier alpha value is -1.56. The van der Waals surface area contributed by atoms with Crippen molar-refractivity contribution in [1.29, 1.82) is 0 Å². The fourth-order valence-electron chi connectivity index (χ4n) is 1.36. The Morgan fingerprint density at radius 3 is 2.35 bits per heavy atom. The Morgan fingerprint density at radius 2 is 1.82 bits per heavy atom. The van der Waals surface area contributed by atoms with E-state index in [4.69, 9.17) is 11.6 Å². The molecular formula is C10H7ClF3N3. The highest BCUT2D eigenvalue weighted by atomic mass is 35.5. The summed E-state index contributed by atoms with van der Waals surface area (Å²) in [5.74, 6) is 0.618. The van der Waals surface area contributed by atoms with Crippen molar-refractivity contribution in [1.82, 2.24) is 14.8 Å². The number of aromatic nitrogens is 3. The summed E-state index contributed by atoms with van der Waals surface area (Å²) in [7, 11) is 0. The first kappa shape index (κ1) is 11.9. The van der Waals surface area contributed by atoms with Crippen molar-refractivity contribution in [3.8, 4) is 5.69 Å². The molecule has 0 aliphatic heterocycles. The summed E-state index contributed by atoms with van der Waals surface area (Å²) in [5, 5.41) is 3.89. The number of alkyl halides is 4. The van der Waals surface area contributed by atoms with E-state index in [0.29, 0.717) is 11.5 Å². The molecule has 2 aromatic rings. The van der Waals surface area contributed by atoms with Crippen molar-refractivity contribution < 1.29 is 13.2 Å². The molecule has 0 radical (unpaired) electrons. The topological polar surface area (TPSA) is 30.7 Å². The van der Waals surface area contributed by atoms with E-state index >= 15 is 0 Å². The van der Waals surface area contributed by atoms with Crippen molar-refractivity contribution in [3.63, 3.8) is 0 Å². The van der Waals surface area contributed by atoms with Gasteiger partial charge in [0.25, 0.3) is 0 Å². The molecule has 1 heterocycles. The van der Waals surface area contributed by atoms with Gasteiger partial charge in [-0.1, -0.05) is 0 Å². The second-order valence-corrected chi connectivity index (χ2v) is 3.53. The summed E-state index contributed by atoms with van der Waals surface area (Å²) in [6.45, 7) is 0. The quantitative estimate of drug-likeness (QED) is 0.778. The molecule has 0 aliphatic rings. The van der Waals surface area contributed by atoms with Crippen molar-refractivity contribution in [2.45, 2.75) is 12.1 Å². The monoisotopic (exact) mass is 261 g/mol. The number of hydrogen-bond acceptors (Lipinski definition) is 2. The van der Waals surface area contributed by atoms with Crippen LogP contribution in [-0.4, -0.2) is 14.8 Å². The van der Waals surface area contributed by atoms with Gasteiger partial charge in [-0.3, -0.25) is 0 Å². The van der Waals surface area contributed by atoms with Crippen molar-refractivity contribution in [2.75, 3.05) is 0 Å². The molecule has 1 aromatic carbocycles. The van der Waals surface area contributed by atoms with Crippen LogP contribution in [0.2, 0.25) is 0 Å². The van der Waals surface area contributed by atoms with Gasteiger partial charge in [-0.25, -0.2) is 9.67 Å². The minimum absolute atomic E-state index is 0.140. The number of hydrogen-bond donors (Lipinski definition) is 0. The van der Waals surface area contributed by atoms with Gasteiger partial charge in [-0.2, -0.15) is 18.3 Å². The fourth-order valence-corrected chi connectivity index (χ4v) is 1.55. The summed E-state index contributed by atoms with van der Waals surface area (Å²) in [5.41, 5.74) is -0.208. The molecule has 3 nitrogen and oxygen atoms in total. The molecule has 0 unspecified atom stereocenters. The first-order chi connectivity index (χ1) is 8.02. The molecule has 0 saturated heterocycles. The number of rotatable bonds is 2. The van der Waals surface area contributed by atoms with Gasteiger partial charge < -0.3 is 0 Å². The smallest absolute Gasteiger partial charge is 0.218 e. The molecule has 0 saturated carbocycles. The lowest BCUT2D eigenvalue weighted by Crippen LogP contribution is -2.06. The Balaban J connectivity index is 2.36. The average molecular weight is 262 g/mol. The highest BCUT2D eigenvalue weighted by molar-refractivity contribution is 6.16. The van der Waals surface area contributed by atoms with Crippen LogP contribution in [0.1, 0.15) is 11.4 Å². The predicted octanol–water partition coefficient (Wildman–Crippen LogP) is 3.02. The lowest BCUT2D eigenvalue weighted by atomic mass is 10.2. The maximum Gasteiger partial charge on any atom is 0.416 e. The van der Waals surface area contributed by atoms with Gasteiger partial charge in [0.05, 0.1) is 17.1 Å².